The molecule has 0 bridgehead atoms. The van der Waals surface area contributed by atoms with Gasteiger partial charge in [0.15, 0.2) is 11.5 Å². The minimum atomic E-state index is -0.292. The molecule has 2 N–H and O–H groups in total. The van der Waals surface area contributed by atoms with Gasteiger partial charge in [-0.25, -0.2) is 4.99 Å². The topological polar surface area (TPSA) is 81.2 Å². The lowest BCUT2D eigenvalue weighted by Crippen LogP contribution is -2.37. The third-order valence-electron chi connectivity index (χ3n) is 5.21. The van der Waals surface area contributed by atoms with Crippen molar-refractivity contribution in [1.82, 2.24) is 5.32 Å². The highest BCUT2D eigenvalue weighted by molar-refractivity contribution is 6.10. The van der Waals surface area contributed by atoms with Crippen molar-refractivity contribution in [1.29, 1.82) is 0 Å². The fourth-order valence-electron chi connectivity index (χ4n) is 3.26. The number of methoxy groups -OCH3 is 2. The van der Waals surface area contributed by atoms with E-state index in [1.165, 1.54) is 7.11 Å². The molecule has 160 valence electrons. The van der Waals surface area contributed by atoms with Gasteiger partial charge in [-0.15, -0.1) is 0 Å². The van der Waals surface area contributed by atoms with Crippen molar-refractivity contribution in [3.8, 4) is 11.5 Å². The summed E-state index contributed by atoms with van der Waals surface area (Å²) < 4.78 is 16.2. The number of guanidine groups is 1. The zero-order chi connectivity index (χ0) is 21.5. The molecule has 0 aromatic heterocycles. The summed E-state index contributed by atoms with van der Waals surface area (Å²) in [6.07, 6.45) is 2.10. The maximum atomic E-state index is 12.9. The van der Waals surface area contributed by atoms with Gasteiger partial charge in [0, 0.05) is 17.9 Å². The largest absolute Gasteiger partial charge is 0.493 e. The molecule has 3 rings (SSSR count). The highest BCUT2D eigenvalue weighted by atomic mass is 16.5. The molecule has 0 spiro atoms. The first kappa shape index (κ1) is 21.6. The van der Waals surface area contributed by atoms with Gasteiger partial charge in [0.25, 0.3) is 5.91 Å². The van der Waals surface area contributed by atoms with E-state index < -0.39 is 0 Å². The maximum Gasteiger partial charge on any atom is 0.258 e. The van der Waals surface area contributed by atoms with Gasteiger partial charge in [-0.3, -0.25) is 10.1 Å². The number of benzene rings is 2. The predicted octanol–water partition coefficient (Wildman–Crippen LogP) is 3.70. The van der Waals surface area contributed by atoms with Crippen LogP contribution in [0, 0.1) is 13.8 Å². The number of nitrogens with zero attached hydrogens (tertiary/aromatic N) is 1. The average Bonchev–Trinajstić information content (AvgIpc) is 3.28. The molecule has 0 radical (unpaired) electrons. The Kier molecular flexibility index (Phi) is 7.30. The molecule has 1 atom stereocenters. The normalized spacial score (nSPS) is 16.3. The van der Waals surface area contributed by atoms with Crippen molar-refractivity contribution in [3.05, 3.63) is 53.1 Å². The molecular formula is C23H29N3O4. The van der Waals surface area contributed by atoms with Gasteiger partial charge in [0.1, 0.15) is 0 Å². The van der Waals surface area contributed by atoms with Gasteiger partial charge < -0.3 is 19.5 Å². The van der Waals surface area contributed by atoms with Gasteiger partial charge in [0.2, 0.25) is 5.96 Å². The Balaban J connectivity index is 1.81. The number of hydrogen-bond donors (Lipinski definition) is 2. The van der Waals surface area contributed by atoms with Crippen LogP contribution < -0.4 is 20.1 Å². The van der Waals surface area contributed by atoms with Crippen LogP contribution in [-0.2, 0) is 4.74 Å². The third kappa shape index (κ3) is 5.30. The molecule has 1 aliphatic heterocycles. The minimum Gasteiger partial charge on any atom is -0.493 e. The summed E-state index contributed by atoms with van der Waals surface area (Å²) in [5, 5.41) is 6.16. The number of aryl methyl sites for hydroxylation is 1. The van der Waals surface area contributed by atoms with Crippen LogP contribution in [0.4, 0.5) is 5.69 Å². The van der Waals surface area contributed by atoms with Crippen LogP contribution in [0.5, 0.6) is 11.5 Å². The second kappa shape index (κ2) is 10.1. The van der Waals surface area contributed by atoms with Gasteiger partial charge >= 0.3 is 0 Å². The molecule has 1 unspecified atom stereocenters. The molecule has 2 aromatic carbocycles. The van der Waals surface area contributed by atoms with Crippen LogP contribution in [0.15, 0.2) is 41.4 Å². The lowest BCUT2D eigenvalue weighted by atomic mass is 10.1. The summed E-state index contributed by atoms with van der Waals surface area (Å²) >= 11 is 0. The molecule has 1 aliphatic rings. The Bertz CT molecular complexity index is 921. The number of hydrogen-bond acceptors (Lipinski definition) is 5. The minimum absolute atomic E-state index is 0.0818. The molecule has 7 heteroatoms. The number of ether oxygens (including phenoxy) is 3. The molecule has 1 fully saturated rings. The third-order valence-corrected chi connectivity index (χ3v) is 5.21. The highest BCUT2D eigenvalue weighted by Crippen LogP contribution is 2.27. The van der Waals surface area contributed by atoms with E-state index >= 15 is 0 Å². The van der Waals surface area contributed by atoms with Gasteiger partial charge in [-0.2, -0.15) is 0 Å². The molecule has 7 nitrogen and oxygen atoms in total. The molecule has 2 aromatic rings. The fraction of sp³-hybridized carbons (Fsp3) is 0.391. The Labute approximate surface area is 177 Å². The second-order valence-electron chi connectivity index (χ2n) is 7.22. The van der Waals surface area contributed by atoms with Crippen molar-refractivity contribution in [2.45, 2.75) is 32.8 Å². The summed E-state index contributed by atoms with van der Waals surface area (Å²) in [5.41, 5.74) is 3.60. The lowest BCUT2D eigenvalue weighted by molar-refractivity contribution is 0.0975. The highest BCUT2D eigenvalue weighted by Gasteiger charge is 2.17. The Morgan fingerprint density at radius 3 is 2.67 bits per heavy atom. The number of anilines is 1. The standard InChI is InChI=1S/C23H29N3O4/c1-15-7-5-9-19(16(15)2)25-23(24-14-18-8-6-12-30-18)26-22(27)17-10-11-20(28-3)21(13-17)29-4/h5,7,9-11,13,18H,6,8,12,14H2,1-4H3,(H2,24,25,26,27). The fourth-order valence-corrected chi connectivity index (χ4v) is 3.26. The van der Waals surface area contributed by atoms with E-state index in [9.17, 15) is 4.79 Å². The number of carbonyl (C=O) groups excluding carboxylic acids is 1. The summed E-state index contributed by atoms with van der Waals surface area (Å²) in [6, 6.07) is 11.0. The van der Waals surface area contributed by atoms with E-state index in [0.717, 1.165) is 36.3 Å². The van der Waals surface area contributed by atoms with E-state index in [4.69, 9.17) is 14.2 Å². The van der Waals surface area contributed by atoms with Crippen molar-refractivity contribution in [3.63, 3.8) is 0 Å². The van der Waals surface area contributed by atoms with Crippen molar-refractivity contribution in [2.24, 2.45) is 4.99 Å². The van der Waals surface area contributed by atoms with E-state index in [1.54, 1.807) is 25.3 Å². The molecule has 0 saturated carbocycles. The van der Waals surface area contributed by atoms with E-state index in [2.05, 4.69) is 15.6 Å². The molecular weight excluding hydrogens is 382 g/mol. The van der Waals surface area contributed by atoms with E-state index in [-0.39, 0.29) is 12.0 Å². The van der Waals surface area contributed by atoms with Crippen LogP contribution in [0.25, 0.3) is 0 Å². The zero-order valence-corrected chi connectivity index (χ0v) is 18.0. The van der Waals surface area contributed by atoms with Crippen LogP contribution in [0.1, 0.15) is 34.3 Å². The Morgan fingerprint density at radius 1 is 1.17 bits per heavy atom. The SMILES string of the molecule is COc1ccc(C(=O)NC(=NCC2CCCO2)Nc2cccc(C)c2C)cc1OC. The number of aliphatic imine (C=N–C) groups is 1. The molecule has 0 aliphatic carbocycles. The first-order valence-electron chi connectivity index (χ1n) is 10.0. The van der Waals surface area contributed by atoms with Crippen molar-refractivity contribution >= 4 is 17.6 Å². The monoisotopic (exact) mass is 411 g/mol. The summed E-state index contributed by atoms with van der Waals surface area (Å²) in [4.78, 5) is 17.5. The Hall–Kier alpha value is -3.06. The summed E-state index contributed by atoms with van der Waals surface area (Å²) in [5.74, 6) is 1.15. The van der Waals surface area contributed by atoms with E-state index in [0.29, 0.717) is 29.6 Å². The lowest BCUT2D eigenvalue weighted by Gasteiger charge is -2.16. The van der Waals surface area contributed by atoms with Crippen molar-refractivity contribution in [2.75, 3.05) is 32.7 Å². The smallest absolute Gasteiger partial charge is 0.258 e. The maximum absolute atomic E-state index is 12.9. The van der Waals surface area contributed by atoms with Crippen LogP contribution in [0.2, 0.25) is 0 Å². The van der Waals surface area contributed by atoms with Gasteiger partial charge in [0.05, 0.1) is 26.9 Å². The molecule has 30 heavy (non-hydrogen) atoms. The number of nitrogens with one attached hydrogen (secondary N) is 2. The van der Waals surface area contributed by atoms with Gasteiger partial charge in [-0.1, -0.05) is 12.1 Å². The molecule has 1 heterocycles. The van der Waals surface area contributed by atoms with Crippen LogP contribution >= 0.6 is 0 Å². The van der Waals surface area contributed by atoms with E-state index in [1.807, 2.05) is 32.0 Å². The van der Waals surface area contributed by atoms with Crippen molar-refractivity contribution < 1.29 is 19.0 Å². The summed E-state index contributed by atoms with van der Waals surface area (Å²) in [6.45, 7) is 5.33. The number of rotatable bonds is 6. The quantitative estimate of drug-likeness (QED) is 0.560. The van der Waals surface area contributed by atoms with Gasteiger partial charge in [-0.05, 0) is 62.1 Å². The average molecular weight is 412 g/mol. The zero-order valence-electron chi connectivity index (χ0n) is 18.0. The number of carbonyl (C=O) groups is 1. The first-order valence-corrected chi connectivity index (χ1v) is 10.0. The second-order valence-corrected chi connectivity index (χ2v) is 7.22. The number of amides is 1. The first-order chi connectivity index (χ1) is 14.5. The van der Waals surface area contributed by atoms with Crippen LogP contribution in [-0.4, -0.2) is 45.3 Å². The Morgan fingerprint density at radius 2 is 1.97 bits per heavy atom. The van der Waals surface area contributed by atoms with Crippen LogP contribution in [0.3, 0.4) is 0 Å². The molecule has 1 saturated heterocycles. The summed E-state index contributed by atoms with van der Waals surface area (Å²) in [7, 11) is 3.09. The predicted molar refractivity (Wildman–Crippen MR) is 118 cm³/mol. The molecule has 1 amide bonds.